The van der Waals surface area contributed by atoms with Crippen molar-refractivity contribution in [3.63, 3.8) is 0 Å². The van der Waals surface area contributed by atoms with Crippen molar-refractivity contribution < 1.29 is 19.3 Å². The molecule has 2 N–H and O–H groups in total. The minimum Gasteiger partial charge on any atom is -0.505 e. The molecule has 0 bridgehead atoms. The van der Waals surface area contributed by atoms with E-state index in [0.29, 0.717) is 18.6 Å². The van der Waals surface area contributed by atoms with Gasteiger partial charge in [-0.3, -0.25) is 0 Å². The van der Waals surface area contributed by atoms with Gasteiger partial charge in [-0.1, -0.05) is 0 Å². The molecule has 4 heteroatoms. The topological polar surface area (TPSA) is 49.7 Å². The maximum Gasteiger partial charge on any atom is 0.171 e. The lowest BCUT2D eigenvalue weighted by Gasteiger charge is -2.12. The zero-order valence-electron chi connectivity index (χ0n) is 7.75. The number of hydrogen-bond acceptors (Lipinski definition) is 3. The maximum absolute atomic E-state index is 13.4. The fraction of sp³-hybridized carbons (Fsp3) is 0.400. The maximum atomic E-state index is 13.4. The second-order valence-electron chi connectivity index (χ2n) is 3.54. The predicted octanol–water partition coefficient (Wildman–Crippen LogP) is 1.52. The van der Waals surface area contributed by atoms with Gasteiger partial charge in [0.2, 0.25) is 0 Å². The van der Waals surface area contributed by atoms with Crippen LogP contribution in [0.3, 0.4) is 0 Å². The van der Waals surface area contributed by atoms with E-state index in [2.05, 4.69) is 0 Å². The summed E-state index contributed by atoms with van der Waals surface area (Å²) in [6.45, 7) is 0. The van der Waals surface area contributed by atoms with Crippen molar-refractivity contribution in [3.8, 4) is 11.5 Å². The number of phenolic OH excluding ortho intramolecular Hbond substituents is 1. The summed E-state index contributed by atoms with van der Waals surface area (Å²) < 4.78 is 18.3. The number of ether oxygens (including phenoxy) is 1. The molecule has 0 radical (unpaired) electrons. The van der Waals surface area contributed by atoms with Crippen LogP contribution in [0.1, 0.15) is 18.4 Å². The molecule has 1 aromatic rings. The van der Waals surface area contributed by atoms with Gasteiger partial charge in [0.25, 0.3) is 0 Å². The van der Waals surface area contributed by atoms with E-state index in [1.54, 1.807) is 0 Å². The van der Waals surface area contributed by atoms with Crippen LogP contribution in [-0.2, 0) is 5.60 Å². The Kier molecular flexibility index (Phi) is 1.89. The summed E-state index contributed by atoms with van der Waals surface area (Å²) in [6, 6.07) is 2.60. The molecule has 0 unspecified atom stereocenters. The molecule has 14 heavy (non-hydrogen) atoms. The Morgan fingerprint density at radius 3 is 2.57 bits per heavy atom. The van der Waals surface area contributed by atoms with Crippen molar-refractivity contribution in [1.29, 1.82) is 0 Å². The highest BCUT2D eigenvalue weighted by Crippen LogP contribution is 2.48. The molecule has 0 aromatic heterocycles. The number of halogens is 1. The van der Waals surface area contributed by atoms with Gasteiger partial charge in [-0.05, 0) is 18.9 Å². The zero-order chi connectivity index (χ0) is 10.3. The molecule has 3 nitrogen and oxygen atoms in total. The minimum atomic E-state index is -1.10. The van der Waals surface area contributed by atoms with Gasteiger partial charge in [0.15, 0.2) is 11.6 Å². The van der Waals surface area contributed by atoms with Crippen LogP contribution in [-0.4, -0.2) is 17.3 Å². The van der Waals surface area contributed by atoms with Gasteiger partial charge in [0.1, 0.15) is 5.75 Å². The number of aromatic hydroxyl groups is 1. The van der Waals surface area contributed by atoms with Gasteiger partial charge in [-0.15, -0.1) is 0 Å². The van der Waals surface area contributed by atoms with E-state index >= 15 is 0 Å². The van der Waals surface area contributed by atoms with Gasteiger partial charge in [-0.2, -0.15) is 0 Å². The molecule has 0 heterocycles. The monoisotopic (exact) mass is 198 g/mol. The van der Waals surface area contributed by atoms with E-state index in [-0.39, 0.29) is 5.56 Å². The molecular weight excluding hydrogens is 187 g/mol. The molecule has 1 aliphatic carbocycles. The van der Waals surface area contributed by atoms with Gasteiger partial charge >= 0.3 is 0 Å². The highest BCUT2D eigenvalue weighted by molar-refractivity contribution is 5.43. The van der Waals surface area contributed by atoms with E-state index in [9.17, 15) is 14.6 Å². The van der Waals surface area contributed by atoms with Crippen molar-refractivity contribution in [2.24, 2.45) is 0 Å². The minimum absolute atomic E-state index is 0.120. The van der Waals surface area contributed by atoms with Crippen molar-refractivity contribution >= 4 is 0 Å². The van der Waals surface area contributed by atoms with Gasteiger partial charge in [0.05, 0.1) is 12.7 Å². The normalized spacial score (nSPS) is 17.9. The molecule has 76 valence electrons. The smallest absolute Gasteiger partial charge is 0.171 e. The van der Waals surface area contributed by atoms with Crippen LogP contribution in [0.2, 0.25) is 0 Å². The lowest BCUT2D eigenvalue weighted by molar-refractivity contribution is 0.145. The third kappa shape index (κ3) is 1.32. The van der Waals surface area contributed by atoms with Crippen molar-refractivity contribution in [3.05, 3.63) is 23.5 Å². The fourth-order valence-electron chi connectivity index (χ4n) is 1.43. The number of benzene rings is 1. The lowest BCUT2D eigenvalue weighted by Crippen LogP contribution is -2.07. The molecule has 0 atom stereocenters. The summed E-state index contributed by atoms with van der Waals surface area (Å²) in [4.78, 5) is 0. The predicted molar refractivity (Wildman–Crippen MR) is 47.7 cm³/mol. The van der Waals surface area contributed by atoms with Crippen molar-refractivity contribution in [2.45, 2.75) is 18.4 Å². The fourth-order valence-corrected chi connectivity index (χ4v) is 1.43. The lowest BCUT2D eigenvalue weighted by atomic mass is 10.1. The summed E-state index contributed by atoms with van der Waals surface area (Å²) in [6.07, 6.45) is 1.05. The average Bonchev–Trinajstić information content (AvgIpc) is 2.89. The number of hydrogen-bond donors (Lipinski definition) is 2. The van der Waals surface area contributed by atoms with E-state index in [4.69, 9.17) is 4.74 Å². The largest absolute Gasteiger partial charge is 0.505 e. The second kappa shape index (κ2) is 2.85. The summed E-state index contributed by atoms with van der Waals surface area (Å²) in [7, 11) is 1.42. The van der Waals surface area contributed by atoms with Crippen LogP contribution in [0, 0.1) is 5.82 Å². The summed E-state index contributed by atoms with van der Waals surface area (Å²) >= 11 is 0. The van der Waals surface area contributed by atoms with Gasteiger partial charge in [0, 0.05) is 11.6 Å². The summed E-state index contributed by atoms with van der Waals surface area (Å²) in [5, 5.41) is 19.0. The molecule has 1 aliphatic rings. The Labute approximate surface area is 80.8 Å². The van der Waals surface area contributed by atoms with E-state index in [1.165, 1.54) is 19.2 Å². The van der Waals surface area contributed by atoms with Crippen molar-refractivity contribution in [1.82, 2.24) is 0 Å². The van der Waals surface area contributed by atoms with Crippen LogP contribution in [0.4, 0.5) is 4.39 Å². The third-order valence-electron chi connectivity index (χ3n) is 2.49. The van der Waals surface area contributed by atoms with E-state index in [1.807, 2.05) is 0 Å². The molecule has 0 aliphatic heterocycles. The first-order chi connectivity index (χ1) is 6.57. The SMILES string of the molecule is COc1cc(O)c(F)c(C2(O)CC2)c1. The first-order valence-corrected chi connectivity index (χ1v) is 4.36. The highest BCUT2D eigenvalue weighted by atomic mass is 19.1. The molecule has 1 saturated carbocycles. The van der Waals surface area contributed by atoms with Crippen LogP contribution >= 0.6 is 0 Å². The van der Waals surface area contributed by atoms with Crippen LogP contribution in [0.25, 0.3) is 0 Å². The Balaban J connectivity index is 2.52. The summed E-state index contributed by atoms with van der Waals surface area (Å²) in [5.41, 5.74) is -0.981. The number of methoxy groups -OCH3 is 1. The molecule has 0 amide bonds. The summed E-state index contributed by atoms with van der Waals surface area (Å²) in [5.74, 6) is -0.898. The molecule has 1 aromatic carbocycles. The van der Waals surface area contributed by atoms with E-state index in [0.717, 1.165) is 0 Å². The number of rotatable bonds is 2. The second-order valence-corrected chi connectivity index (χ2v) is 3.54. The highest BCUT2D eigenvalue weighted by Gasteiger charge is 2.45. The zero-order valence-corrected chi connectivity index (χ0v) is 7.75. The quantitative estimate of drug-likeness (QED) is 0.757. The van der Waals surface area contributed by atoms with Crippen LogP contribution in [0.5, 0.6) is 11.5 Å². The average molecular weight is 198 g/mol. The Morgan fingerprint density at radius 2 is 2.07 bits per heavy atom. The third-order valence-corrected chi connectivity index (χ3v) is 2.49. The van der Waals surface area contributed by atoms with Gasteiger partial charge < -0.3 is 14.9 Å². The molecule has 0 saturated heterocycles. The molecule has 1 fully saturated rings. The van der Waals surface area contributed by atoms with Crippen LogP contribution < -0.4 is 4.74 Å². The van der Waals surface area contributed by atoms with Crippen molar-refractivity contribution in [2.75, 3.05) is 7.11 Å². The molecule has 0 spiro atoms. The first-order valence-electron chi connectivity index (χ1n) is 4.36. The Morgan fingerprint density at radius 1 is 1.43 bits per heavy atom. The Hall–Kier alpha value is -1.29. The molecular formula is C10H11FO3. The van der Waals surface area contributed by atoms with Gasteiger partial charge in [-0.25, -0.2) is 4.39 Å². The standard InChI is InChI=1S/C10H11FO3/c1-14-6-4-7(10(13)2-3-10)9(11)8(12)5-6/h4-5,12-13H,2-3H2,1H3. The van der Waals surface area contributed by atoms with E-state index < -0.39 is 17.2 Å². The Bertz CT molecular complexity index is 372. The van der Waals surface area contributed by atoms with Crippen LogP contribution in [0.15, 0.2) is 12.1 Å². The first kappa shape index (κ1) is 9.27. The number of aliphatic hydroxyl groups is 1. The molecule has 2 rings (SSSR count). The number of phenols is 1.